The zero-order valence-electron chi connectivity index (χ0n) is 19.2. The lowest BCUT2D eigenvalue weighted by molar-refractivity contribution is -0.139. The number of rotatable bonds is 7. The van der Waals surface area contributed by atoms with Crippen molar-refractivity contribution < 1.29 is 27.8 Å². The number of carbonyl (C=O) groups is 1. The van der Waals surface area contributed by atoms with Gasteiger partial charge in [0.05, 0.1) is 35.6 Å². The van der Waals surface area contributed by atoms with Gasteiger partial charge in [0.15, 0.2) is 4.80 Å². The van der Waals surface area contributed by atoms with Crippen LogP contribution in [0.25, 0.3) is 6.08 Å². The highest BCUT2D eigenvalue weighted by molar-refractivity contribution is 7.07. The molecule has 0 spiro atoms. The van der Waals surface area contributed by atoms with Gasteiger partial charge in [-0.05, 0) is 55.3 Å². The van der Waals surface area contributed by atoms with Crippen molar-refractivity contribution in [3.05, 3.63) is 90.6 Å². The molecule has 1 aromatic heterocycles. The number of fused-ring (bicyclic) bond motifs is 1. The number of esters is 1. The maximum absolute atomic E-state index is 13.5. The minimum atomic E-state index is -2.92. The van der Waals surface area contributed by atoms with Gasteiger partial charge in [-0.15, -0.1) is 0 Å². The monoisotopic (exact) mass is 500 g/mol. The molecule has 0 radical (unpaired) electrons. The lowest BCUT2D eigenvalue weighted by Crippen LogP contribution is -2.39. The molecular weight excluding hydrogens is 478 g/mol. The number of carbonyl (C=O) groups excluding carboxylic acids is 1. The van der Waals surface area contributed by atoms with Gasteiger partial charge in [0.2, 0.25) is 0 Å². The van der Waals surface area contributed by atoms with E-state index in [0.29, 0.717) is 31.9 Å². The molecule has 0 bridgehead atoms. The minimum absolute atomic E-state index is 0.0211. The van der Waals surface area contributed by atoms with E-state index in [1.807, 2.05) is 0 Å². The van der Waals surface area contributed by atoms with Crippen LogP contribution in [-0.4, -0.2) is 30.9 Å². The molecule has 0 saturated carbocycles. The van der Waals surface area contributed by atoms with E-state index in [1.54, 1.807) is 63.4 Å². The number of nitrogens with zero attached hydrogens (tertiary/aromatic N) is 2. The standard InChI is InChI=1S/C25H22F2N2O5S/c1-4-33-23(31)20-14(2)28-25-29(21(20)16-7-11-17(32-3)12-8-16)22(30)19(35-25)13-15-5-9-18(10-6-15)34-24(26)27/h5-13,21,24H,4H2,1-3H3/b19-13-/t21-/m0/s1. The molecule has 1 atom stereocenters. The average molecular weight is 501 g/mol. The van der Waals surface area contributed by atoms with Gasteiger partial charge < -0.3 is 14.2 Å². The van der Waals surface area contributed by atoms with Gasteiger partial charge >= 0.3 is 12.6 Å². The molecule has 0 aliphatic carbocycles. The molecule has 35 heavy (non-hydrogen) atoms. The second-order valence-electron chi connectivity index (χ2n) is 7.52. The molecule has 0 saturated heterocycles. The van der Waals surface area contributed by atoms with Crippen LogP contribution < -0.4 is 24.4 Å². The number of aromatic nitrogens is 1. The normalized spacial score (nSPS) is 15.6. The maximum atomic E-state index is 13.5. The fourth-order valence-electron chi connectivity index (χ4n) is 3.79. The first-order valence-corrected chi connectivity index (χ1v) is 11.5. The third-order valence-corrected chi connectivity index (χ3v) is 6.33. The Labute approximate surface area is 203 Å². The van der Waals surface area contributed by atoms with E-state index in [-0.39, 0.29) is 23.5 Å². The van der Waals surface area contributed by atoms with Gasteiger partial charge in [0.1, 0.15) is 11.5 Å². The number of alkyl halides is 2. The number of ether oxygens (including phenoxy) is 3. The summed E-state index contributed by atoms with van der Waals surface area (Å²) in [5, 5.41) is 0. The molecule has 1 aliphatic rings. The summed E-state index contributed by atoms with van der Waals surface area (Å²) in [4.78, 5) is 31.4. The van der Waals surface area contributed by atoms with Crippen molar-refractivity contribution in [3.63, 3.8) is 0 Å². The number of thiazole rings is 1. The fraction of sp³-hybridized carbons (Fsp3) is 0.240. The number of allylic oxidation sites excluding steroid dienone is 1. The van der Waals surface area contributed by atoms with Crippen molar-refractivity contribution in [2.24, 2.45) is 4.99 Å². The number of hydrogen-bond acceptors (Lipinski definition) is 7. The summed E-state index contributed by atoms with van der Waals surface area (Å²) >= 11 is 1.17. The van der Waals surface area contributed by atoms with Crippen molar-refractivity contribution >= 4 is 23.4 Å². The number of benzene rings is 2. The quantitative estimate of drug-likeness (QED) is 0.465. The largest absolute Gasteiger partial charge is 0.497 e. The van der Waals surface area contributed by atoms with Gasteiger partial charge in [0.25, 0.3) is 5.56 Å². The Morgan fingerprint density at radius 1 is 1.14 bits per heavy atom. The van der Waals surface area contributed by atoms with Gasteiger partial charge in [-0.2, -0.15) is 8.78 Å². The highest BCUT2D eigenvalue weighted by Gasteiger charge is 2.33. The molecule has 7 nitrogen and oxygen atoms in total. The molecule has 2 aromatic carbocycles. The van der Waals surface area contributed by atoms with Crippen molar-refractivity contribution in [3.8, 4) is 11.5 Å². The topological polar surface area (TPSA) is 79.1 Å². The van der Waals surface area contributed by atoms with Crippen LogP contribution in [0, 0.1) is 0 Å². The maximum Gasteiger partial charge on any atom is 0.387 e. The van der Waals surface area contributed by atoms with Crippen molar-refractivity contribution in [1.29, 1.82) is 0 Å². The fourth-order valence-corrected chi connectivity index (χ4v) is 4.84. The predicted octanol–water partition coefficient (Wildman–Crippen LogP) is 3.41. The van der Waals surface area contributed by atoms with Crippen LogP contribution in [0.1, 0.15) is 31.0 Å². The molecule has 10 heteroatoms. The van der Waals surface area contributed by atoms with E-state index in [9.17, 15) is 18.4 Å². The Kier molecular flexibility index (Phi) is 7.11. The molecule has 0 fully saturated rings. The number of halogens is 2. The minimum Gasteiger partial charge on any atom is -0.497 e. The lowest BCUT2D eigenvalue weighted by atomic mass is 9.96. The molecule has 1 aliphatic heterocycles. The van der Waals surface area contributed by atoms with Crippen LogP contribution in [0.4, 0.5) is 8.78 Å². The second kappa shape index (κ2) is 10.2. The van der Waals surface area contributed by atoms with E-state index in [2.05, 4.69) is 9.73 Å². The summed E-state index contributed by atoms with van der Waals surface area (Å²) in [7, 11) is 1.55. The first-order chi connectivity index (χ1) is 16.8. The van der Waals surface area contributed by atoms with Crippen molar-refractivity contribution in [1.82, 2.24) is 4.57 Å². The number of methoxy groups -OCH3 is 1. The Morgan fingerprint density at radius 3 is 2.40 bits per heavy atom. The van der Waals surface area contributed by atoms with Gasteiger partial charge in [0, 0.05) is 0 Å². The Bertz CT molecular complexity index is 1440. The van der Waals surface area contributed by atoms with Crippen LogP contribution in [0.5, 0.6) is 11.5 Å². The van der Waals surface area contributed by atoms with Gasteiger partial charge in [-0.25, -0.2) is 9.79 Å². The summed E-state index contributed by atoms with van der Waals surface area (Å²) in [6.07, 6.45) is 1.64. The van der Waals surface area contributed by atoms with Crippen LogP contribution >= 0.6 is 11.3 Å². The Hall–Kier alpha value is -3.79. The van der Waals surface area contributed by atoms with E-state index in [4.69, 9.17) is 9.47 Å². The third-order valence-electron chi connectivity index (χ3n) is 5.35. The highest BCUT2D eigenvalue weighted by atomic mass is 32.1. The molecule has 2 heterocycles. The SMILES string of the molecule is CCOC(=O)C1=C(C)N=c2s/c(=C\c3ccc(OC(F)F)cc3)c(=O)n2[C@H]1c1ccc(OC)cc1. The van der Waals surface area contributed by atoms with E-state index in [1.165, 1.54) is 28.0 Å². The summed E-state index contributed by atoms with van der Waals surface area (Å²) in [6.45, 7) is 0.685. The summed E-state index contributed by atoms with van der Waals surface area (Å²) in [5.41, 5.74) is 1.73. The zero-order valence-corrected chi connectivity index (χ0v) is 20.0. The summed E-state index contributed by atoms with van der Waals surface area (Å²) < 4.78 is 41.6. The molecule has 0 unspecified atom stereocenters. The van der Waals surface area contributed by atoms with Crippen molar-refractivity contribution in [2.45, 2.75) is 26.5 Å². The molecule has 4 rings (SSSR count). The zero-order chi connectivity index (χ0) is 25.1. The van der Waals surface area contributed by atoms with E-state index < -0.39 is 18.6 Å². The summed E-state index contributed by atoms with van der Waals surface area (Å²) in [5.74, 6) is 0.116. The second-order valence-corrected chi connectivity index (χ2v) is 8.53. The van der Waals surface area contributed by atoms with E-state index in [0.717, 1.165) is 0 Å². The molecule has 3 aromatic rings. The van der Waals surface area contributed by atoms with Crippen LogP contribution in [0.15, 0.2) is 69.6 Å². The average Bonchev–Trinajstić information content (AvgIpc) is 3.13. The highest BCUT2D eigenvalue weighted by Crippen LogP contribution is 2.31. The Morgan fingerprint density at radius 2 is 1.80 bits per heavy atom. The first-order valence-electron chi connectivity index (χ1n) is 10.7. The van der Waals surface area contributed by atoms with Crippen molar-refractivity contribution in [2.75, 3.05) is 13.7 Å². The molecule has 0 N–H and O–H groups in total. The number of hydrogen-bond donors (Lipinski definition) is 0. The van der Waals surface area contributed by atoms with Crippen LogP contribution in [0.3, 0.4) is 0 Å². The molecular formula is C25H22F2N2O5S. The Balaban J connectivity index is 1.85. The third kappa shape index (κ3) is 5.02. The van der Waals surface area contributed by atoms with Gasteiger partial charge in [-0.3, -0.25) is 9.36 Å². The molecule has 182 valence electrons. The first kappa shape index (κ1) is 24.3. The van der Waals surface area contributed by atoms with Crippen LogP contribution in [0.2, 0.25) is 0 Å². The molecule has 0 amide bonds. The van der Waals surface area contributed by atoms with Gasteiger partial charge in [-0.1, -0.05) is 35.6 Å². The van der Waals surface area contributed by atoms with Crippen LogP contribution in [-0.2, 0) is 9.53 Å². The lowest BCUT2D eigenvalue weighted by Gasteiger charge is -2.24. The predicted molar refractivity (Wildman–Crippen MR) is 126 cm³/mol. The van der Waals surface area contributed by atoms with E-state index >= 15 is 0 Å². The summed E-state index contributed by atoms with van der Waals surface area (Å²) in [6, 6.07) is 12.3. The smallest absolute Gasteiger partial charge is 0.387 e.